The van der Waals surface area contributed by atoms with E-state index in [0.717, 1.165) is 0 Å². The number of rotatable bonds is 6. The first-order chi connectivity index (χ1) is 10.9. The molecule has 7 heteroatoms. The molecule has 2 rings (SSSR count). The van der Waals surface area contributed by atoms with Crippen LogP contribution in [0.2, 0.25) is 0 Å². The van der Waals surface area contributed by atoms with Gasteiger partial charge in [-0.05, 0) is 25.0 Å². The summed E-state index contributed by atoms with van der Waals surface area (Å²) in [5.74, 6) is 0.130. The molecule has 0 aliphatic rings. The molecule has 2 aromatic rings. The van der Waals surface area contributed by atoms with Gasteiger partial charge in [0.05, 0.1) is 17.8 Å². The van der Waals surface area contributed by atoms with Gasteiger partial charge >= 0.3 is 6.61 Å². The Balaban J connectivity index is 2.22. The SMILES string of the molecule is CC(C)[C@H](C)n1nccc1NC(=O)c1ccccc1OC(F)F. The summed E-state index contributed by atoms with van der Waals surface area (Å²) in [6.45, 7) is 3.09. The largest absolute Gasteiger partial charge is 0.434 e. The number of carbonyl (C=O) groups excluding carboxylic acids is 1. The quantitative estimate of drug-likeness (QED) is 0.875. The van der Waals surface area contributed by atoms with Gasteiger partial charge in [-0.15, -0.1) is 0 Å². The average molecular weight is 323 g/mol. The number of carbonyl (C=O) groups is 1. The molecule has 1 N–H and O–H groups in total. The normalized spacial score (nSPS) is 12.5. The third-order valence-corrected chi connectivity index (χ3v) is 3.61. The maximum Gasteiger partial charge on any atom is 0.387 e. The lowest BCUT2D eigenvalue weighted by Gasteiger charge is -2.19. The van der Waals surface area contributed by atoms with Crippen LogP contribution >= 0.6 is 0 Å². The molecule has 1 aromatic carbocycles. The summed E-state index contributed by atoms with van der Waals surface area (Å²) in [4.78, 5) is 12.4. The Morgan fingerprint density at radius 2 is 1.91 bits per heavy atom. The second-order valence-electron chi connectivity index (χ2n) is 5.47. The molecule has 0 fully saturated rings. The fourth-order valence-corrected chi connectivity index (χ4v) is 2.06. The van der Waals surface area contributed by atoms with E-state index in [0.29, 0.717) is 11.7 Å². The van der Waals surface area contributed by atoms with Crippen molar-refractivity contribution in [1.82, 2.24) is 9.78 Å². The highest BCUT2D eigenvalue weighted by atomic mass is 19.3. The monoisotopic (exact) mass is 323 g/mol. The van der Waals surface area contributed by atoms with E-state index in [1.165, 1.54) is 18.2 Å². The summed E-state index contributed by atoms with van der Waals surface area (Å²) >= 11 is 0. The Morgan fingerprint density at radius 1 is 1.22 bits per heavy atom. The molecule has 0 aliphatic heterocycles. The summed E-state index contributed by atoms with van der Waals surface area (Å²) in [5, 5.41) is 6.90. The standard InChI is InChI=1S/C16H19F2N3O2/c1-10(2)11(3)21-14(8-9-19-21)20-15(22)12-6-4-5-7-13(12)23-16(17)18/h4-11,16H,1-3H3,(H,20,22)/t11-/m0/s1. The number of nitrogens with zero attached hydrogens (tertiary/aromatic N) is 2. The zero-order chi connectivity index (χ0) is 17.0. The van der Waals surface area contributed by atoms with Crippen molar-refractivity contribution >= 4 is 11.7 Å². The van der Waals surface area contributed by atoms with Gasteiger partial charge in [0.1, 0.15) is 11.6 Å². The molecule has 1 heterocycles. The van der Waals surface area contributed by atoms with Crippen molar-refractivity contribution in [2.45, 2.75) is 33.4 Å². The van der Waals surface area contributed by atoms with Crippen molar-refractivity contribution in [1.29, 1.82) is 0 Å². The highest BCUT2D eigenvalue weighted by Crippen LogP contribution is 2.24. The first kappa shape index (κ1) is 16.9. The molecule has 0 saturated carbocycles. The molecule has 0 saturated heterocycles. The third-order valence-electron chi connectivity index (χ3n) is 3.61. The predicted molar refractivity (Wildman–Crippen MR) is 82.8 cm³/mol. The van der Waals surface area contributed by atoms with Gasteiger partial charge in [0.2, 0.25) is 0 Å². The zero-order valence-corrected chi connectivity index (χ0v) is 13.2. The first-order valence-electron chi connectivity index (χ1n) is 7.29. The molecule has 0 radical (unpaired) electrons. The fourth-order valence-electron chi connectivity index (χ4n) is 2.06. The first-order valence-corrected chi connectivity index (χ1v) is 7.29. The molecule has 0 unspecified atom stereocenters. The van der Waals surface area contributed by atoms with E-state index in [1.54, 1.807) is 23.0 Å². The summed E-state index contributed by atoms with van der Waals surface area (Å²) in [6, 6.07) is 7.61. The number of hydrogen-bond acceptors (Lipinski definition) is 3. The van der Waals surface area contributed by atoms with E-state index >= 15 is 0 Å². The van der Waals surface area contributed by atoms with Gasteiger partial charge in [-0.3, -0.25) is 4.79 Å². The van der Waals surface area contributed by atoms with Crippen LogP contribution in [0.25, 0.3) is 0 Å². The number of nitrogens with one attached hydrogen (secondary N) is 1. The van der Waals surface area contributed by atoms with Gasteiger partial charge in [-0.1, -0.05) is 26.0 Å². The summed E-state index contributed by atoms with van der Waals surface area (Å²) in [7, 11) is 0. The van der Waals surface area contributed by atoms with Gasteiger partial charge in [-0.25, -0.2) is 4.68 Å². The van der Waals surface area contributed by atoms with E-state index in [2.05, 4.69) is 15.2 Å². The van der Waals surface area contributed by atoms with Crippen LogP contribution < -0.4 is 10.1 Å². The minimum absolute atomic E-state index is 0.0396. The zero-order valence-electron chi connectivity index (χ0n) is 13.2. The van der Waals surface area contributed by atoms with Crippen molar-refractivity contribution < 1.29 is 18.3 Å². The van der Waals surface area contributed by atoms with Crippen molar-refractivity contribution in [3.63, 3.8) is 0 Å². The van der Waals surface area contributed by atoms with Crippen LogP contribution in [0, 0.1) is 5.92 Å². The van der Waals surface area contributed by atoms with E-state index in [4.69, 9.17) is 0 Å². The Morgan fingerprint density at radius 3 is 2.57 bits per heavy atom. The van der Waals surface area contributed by atoms with Crippen LogP contribution in [0.4, 0.5) is 14.6 Å². The lowest BCUT2D eigenvalue weighted by Crippen LogP contribution is -2.20. The van der Waals surface area contributed by atoms with E-state index in [1.807, 2.05) is 20.8 Å². The molecule has 1 atom stereocenters. The second-order valence-corrected chi connectivity index (χ2v) is 5.47. The lowest BCUT2D eigenvalue weighted by molar-refractivity contribution is -0.0501. The molecule has 1 aromatic heterocycles. The van der Waals surface area contributed by atoms with Crippen LogP contribution in [-0.4, -0.2) is 22.3 Å². The van der Waals surface area contributed by atoms with Crippen LogP contribution in [0.5, 0.6) is 5.75 Å². The summed E-state index contributed by atoms with van der Waals surface area (Å²) in [6.07, 6.45) is 1.58. The van der Waals surface area contributed by atoms with Gasteiger partial charge in [0, 0.05) is 6.07 Å². The van der Waals surface area contributed by atoms with Crippen molar-refractivity contribution in [2.24, 2.45) is 5.92 Å². The molecule has 0 bridgehead atoms. The molecule has 124 valence electrons. The number of halogens is 2. The molecule has 5 nitrogen and oxygen atoms in total. The fraction of sp³-hybridized carbons (Fsp3) is 0.375. The molecule has 1 amide bonds. The second kappa shape index (κ2) is 7.21. The Hall–Kier alpha value is -2.44. The van der Waals surface area contributed by atoms with Crippen molar-refractivity contribution in [2.75, 3.05) is 5.32 Å². The number of para-hydroxylation sites is 1. The topological polar surface area (TPSA) is 56.2 Å². The van der Waals surface area contributed by atoms with Gasteiger partial charge in [0.15, 0.2) is 0 Å². The lowest BCUT2D eigenvalue weighted by atomic mass is 10.1. The van der Waals surface area contributed by atoms with Gasteiger partial charge in [0.25, 0.3) is 5.91 Å². The third kappa shape index (κ3) is 4.06. The number of aromatic nitrogens is 2. The Kier molecular flexibility index (Phi) is 5.31. The number of alkyl halides is 2. The minimum Gasteiger partial charge on any atom is -0.434 e. The number of anilines is 1. The van der Waals surface area contributed by atoms with Crippen LogP contribution in [0.15, 0.2) is 36.5 Å². The molecule has 0 spiro atoms. The van der Waals surface area contributed by atoms with Crippen LogP contribution in [0.1, 0.15) is 37.2 Å². The van der Waals surface area contributed by atoms with Crippen molar-refractivity contribution in [3.05, 3.63) is 42.1 Å². The predicted octanol–water partition coefficient (Wildman–Crippen LogP) is 3.95. The minimum atomic E-state index is -2.99. The number of amides is 1. The maximum atomic E-state index is 12.4. The Labute approximate surface area is 133 Å². The molecule has 0 aliphatic carbocycles. The molecule has 23 heavy (non-hydrogen) atoms. The number of benzene rings is 1. The molecular weight excluding hydrogens is 304 g/mol. The maximum absolute atomic E-state index is 12.4. The number of ether oxygens (including phenoxy) is 1. The number of hydrogen-bond donors (Lipinski definition) is 1. The summed E-state index contributed by atoms with van der Waals surface area (Å²) in [5.41, 5.74) is 0.0396. The van der Waals surface area contributed by atoms with Crippen molar-refractivity contribution in [3.8, 4) is 5.75 Å². The average Bonchev–Trinajstić information content (AvgIpc) is 2.94. The van der Waals surface area contributed by atoms with Crippen LogP contribution in [0.3, 0.4) is 0 Å². The van der Waals surface area contributed by atoms with Gasteiger partial charge in [-0.2, -0.15) is 13.9 Å². The highest BCUT2D eigenvalue weighted by molar-refractivity contribution is 6.05. The van der Waals surface area contributed by atoms with Crippen LogP contribution in [-0.2, 0) is 0 Å². The van der Waals surface area contributed by atoms with E-state index < -0.39 is 12.5 Å². The smallest absolute Gasteiger partial charge is 0.387 e. The van der Waals surface area contributed by atoms with Gasteiger partial charge < -0.3 is 10.1 Å². The highest BCUT2D eigenvalue weighted by Gasteiger charge is 2.19. The molecular formula is C16H19F2N3O2. The van der Waals surface area contributed by atoms with E-state index in [9.17, 15) is 13.6 Å². The Bertz CT molecular complexity index is 671. The summed E-state index contributed by atoms with van der Waals surface area (Å²) < 4.78 is 30.9. The van der Waals surface area contributed by atoms with E-state index in [-0.39, 0.29) is 17.4 Å².